The molecular formula is C24H29FN4O4. The molecule has 0 unspecified atom stereocenters. The Hall–Kier alpha value is -3.04. The van der Waals surface area contributed by atoms with E-state index in [9.17, 15) is 19.1 Å². The van der Waals surface area contributed by atoms with Crippen molar-refractivity contribution in [2.75, 3.05) is 56.2 Å². The van der Waals surface area contributed by atoms with E-state index in [1.54, 1.807) is 0 Å². The number of hydrogen-bond acceptors (Lipinski definition) is 6. The van der Waals surface area contributed by atoms with E-state index >= 15 is 0 Å². The number of rotatable bonds is 7. The summed E-state index contributed by atoms with van der Waals surface area (Å²) in [5.41, 5.74) is 0.612. The van der Waals surface area contributed by atoms with Crippen molar-refractivity contribution >= 4 is 23.4 Å². The Morgan fingerprint density at radius 2 is 1.82 bits per heavy atom. The van der Waals surface area contributed by atoms with Gasteiger partial charge >= 0.3 is 5.97 Å². The summed E-state index contributed by atoms with van der Waals surface area (Å²) >= 11 is 0. The zero-order chi connectivity index (χ0) is 23.2. The highest BCUT2D eigenvalue weighted by Crippen LogP contribution is 2.28. The van der Waals surface area contributed by atoms with E-state index in [1.165, 1.54) is 36.5 Å². The van der Waals surface area contributed by atoms with Crippen LogP contribution in [0.4, 0.5) is 15.9 Å². The summed E-state index contributed by atoms with van der Waals surface area (Å²) in [4.78, 5) is 33.1. The molecule has 1 aromatic carbocycles. The molecule has 2 aliphatic heterocycles. The maximum Gasteiger partial charge on any atom is 0.339 e. The average molecular weight is 457 g/mol. The normalized spacial score (nSPS) is 17.7. The van der Waals surface area contributed by atoms with Crippen LogP contribution < -0.4 is 10.2 Å². The highest BCUT2D eigenvalue weighted by atomic mass is 19.1. The van der Waals surface area contributed by atoms with Crippen LogP contribution in [0.1, 0.15) is 40.0 Å². The quantitative estimate of drug-likeness (QED) is 0.661. The molecule has 0 spiro atoms. The number of benzene rings is 1. The molecule has 2 fully saturated rings. The zero-order valence-electron chi connectivity index (χ0n) is 18.5. The molecule has 176 valence electrons. The number of pyridine rings is 1. The predicted molar refractivity (Wildman–Crippen MR) is 122 cm³/mol. The lowest BCUT2D eigenvalue weighted by atomic mass is 9.93. The van der Waals surface area contributed by atoms with Crippen molar-refractivity contribution in [3.05, 3.63) is 53.5 Å². The molecule has 2 aromatic rings. The Kier molecular flexibility index (Phi) is 7.51. The van der Waals surface area contributed by atoms with Gasteiger partial charge in [0.15, 0.2) is 0 Å². The Morgan fingerprint density at radius 1 is 1.12 bits per heavy atom. The molecule has 0 radical (unpaired) electrons. The maximum absolute atomic E-state index is 13.1. The number of nitrogens with one attached hydrogen (secondary N) is 1. The van der Waals surface area contributed by atoms with E-state index in [0.29, 0.717) is 11.7 Å². The van der Waals surface area contributed by atoms with Crippen LogP contribution in [-0.4, -0.2) is 72.8 Å². The van der Waals surface area contributed by atoms with Crippen LogP contribution in [0.5, 0.6) is 0 Å². The number of ether oxygens (including phenoxy) is 1. The summed E-state index contributed by atoms with van der Waals surface area (Å²) in [6.07, 6.45) is 4.59. The molecule has 4 rings (SSSR count). The number of nitrogens with zero attached hydrogens (tertiary/aromatic N) is 3. The van der Waals surface area contributed by atoms with Crippen molar-refractivity contribution in [1.82, 2.24) is 9.88 Å². The van der Waals surface area contributed by atoms with Gasteiger partial charge in [-0.25, -0.2) is 14.2 Å². The summed E-state index contributed by atoms with van der Waals surface area (Å²) in [6, 6.07) is 6.56. The molecule has 2 saturated heterocycles. The van der Waals surface area contributed by atoms with Crippen LogP contribution in [0.25, 0.3) is 0 Å². The first kappa shape index (κ1) is 23.1. The number of piperidine rings is 1. The monoisotopic (exact) mass is 456 g/mol. The second-order valence-electron chi connectivity index (χ2n) is 8.53. The van der Waals surface area contributed by atoms with Gasteiger partial charge in [0.25, 0.3) is 5.91 Å². The third-order valence-corrected chi connectivity index (χ3v) is 6.33. The molecule has 1 amide bonds. The lowest BCUT2D eigenvalue weighted by Gasteiger charge is -2.35. The van der Waals surface area contributed by atoms with Gasteiger partial charge in [-0.15, -0.1) is 0 Å². The minimum absolute atomic E-state index is 0.0543. The van der Waals surface area contributed by atoms with Gasteiger partial charge in [0.1, 0.15) is 17.2 Å². The Morgan fingerprint density at radius 3 is 2.48 bits per heavy atom. The number of carboxylic acids is 1. The number of halogens is 1. The van der Waals surface area contributed by atoms with Crippen LogP contribution in [0, 0.1) is 11.7 Å². The fourth-order valence-corrected chi connectivity index (χ4v) is 4.36. The number of anilines is 2. The van der Waals surface area contributed by atoms with E-state index in [1.807, 2.05) is 4.90 Å². The molecular weight excluding hydrogens is 427 g/mol. The van der Waals surface area contributed by atoms with Gasteiger partial charge in [0.2, 0.25) is 0 Å². The topological polar surface area (TPSA) is 95.0 Å². The van der Waals surface area contributed by atoms with Gasteiger partial charge < -0.3 is 20.1 Å². The molecule has 0 aliphatic carbocycles. The van der Waals surface area contributed by atoms with Crippen LogP contribution in [0.2, 0.25) is 0 Å². The van der Waals surface area contributed by atoms with Crippen LogP contribution in [0.15, 0.2) is 36.5 Å². The second-order valence-corrected chi connectivity index (χ2v) is 8.53. The van der Waals surface area contributed by atoms with Gasteiger partial charge in [-0.2, -0.15) is 0 Å². The van der Waals surface area contributed by atoms with Gasteiger partial charge in [-0.1, -0.05) is 0 Å². The first-order chi connectivity index (χ1) is 16.0. The molecule has 1 aromatic heterocycles. The Bertz CT molecular complexity index is 971. The smallest absolute Gasteiger partial charge is 0.339 e. The summed E-state index contributed by atoms with van der Waals surface area (Å²) in [5, 5.41) is 12.4. The number of amides is 1. The lowest BCUT2D eigenvalue weighted by Crippen LogP contribution is -2.39. The second kappa shape index (κ2) is 10.7. The number of carbonyl (C=O) groups is 2. The SMILES string of the molecule is O=C(Nc1cnc(N2CCC(CCN3CCOCC3)CC2)c(C(=O)O)c1)c1ccc(F)cc1. The number of aromatic nitrogens is 1. The maximum atomic E-state index is 13.1. The summed E-state index contributed by atoms with van der Waals surface area (Å²) < 4.78 is 18.5. The Balaban J connectivity index is 1.36. The van der Waals surface area contributed by atoms with Gasteiger partial charge in [-0.3, -0.25) is 9.69 Å². The molecule has 33 heavy (non-hydrogen) atoms. The van der Waals surface area contributed by atoms with E-state index < -0.39 is 17.7 Å². The number of morpholine rings is 1. The van der Waals surface area contributed by atoms with Crippen molar-refractivity contribution in [3.63, 3.8) is 0 Å². The third-order valence-electron chi connectivity index (χ3n) is 6.33. The van der Waals surface area contributed by atoms with Crippen molar-refractivity contribution in [2.24, 2.45) is 5.92 Å². The average Bonchev–Trinajstić information content (AvgIpc) is 2.84. The number of hydrogen-bond donors (Lipinski definition) is 2. The van der Waals surface area contributed by atoms with Crippen molar-refractivity contribution in [2.45, 2.75) is 19.3 Å². The lowest BCUT2D eigenvalue weighted by molar-refractivity contribution is 0.0349. The molecule has 8 nitrogen and oxygen atoms in total. The van der Waals surface area contributed by atoms with Crippen LogP contribution in [-0.2, 0) is 4.74 Å². The van der Waals surface area contributed by atoms with Gasteiger partial charge in [0, 0.05) is 31.7 Å². The molecule has 2 N–H and O–H groups in total. The summed E-state index contributed by atoms with van der Waals surface area (Å²) in [5.74, 6) is -0.942. The molecule has 3 heterocycles. The van der Waals surface area contributed by atoms with Crippen molar-refractivity contribution in [1.29, 1.82) is 0 Å². The molecule has 9 heteroatoms. The van der Waals surface area contributed by atoms with E-state index in [4.69, 9.17) is 4.74 Å². The summed E-state index contributed by atoms with van der Waals surface area (Å²) in [7, 11) is 0. The van der Waals surface area contributed by atoms with Crippen molar-refractivity contribution < 1.29 is 23.8 Å². The molecule has 2 aliphatic rings. The fraction of sp³-hybridized carbons (Fsp3) is 0.458. The fourth-order valence-electron chi connectivity index (χ4n) is 4.36. The summed E-state index contributed by atoms with van der Waals surface area (Å²) in [6.45, 7) is 6.19. The zero-order valence-corrected chi connectivity index (χ0v) is 18.5. The van der Waals surface area contributed by atoms with Crippen LogP contribution >= 0.6 is 0 Å². The van der Waals surface area contributed by atoms with E-state index in [0.717, 1.165) is 65.2 Å². The standard InChI is InChI=1S/C24H29FN4O4/c25-19-3-1-18(2-4-19)23(30)27-20-15-21(24(31)32)22(26-16-20)29-9-6-17(7-10-29)5-8-28-11-13-33-14-12-28/h1-4,15-17H,5-14H2,(H,27,30)(H,31,32). The minimum atomic E-state index is -1.09. The number of aromatic carboxylic acids is 1. The van der Waals surface area contributed by atoms with E-state index in [-0.39, 0.29) is 16.8 Å². The number of carboxylic acid groups (broad SMARTS) is 1. The highest BCUT2D eigenvalue weighted by molar-refractivity contribution is 6.05. The Labute approximate surface area is 192 Å². The van der Waals surface area contributed by atoms with Crippen LogP contribution in [0.3, 0.4) is 0 Å². The number of carbonyl (C=O) groups excluding carboxylic acids is 1. The molecule has 0 saturated carbocycles. The molecule has 0 bridgehead atoms. The minimum Gasteiger partial charge on any atom is -0.478 e. The largest absolute Gasteiger partial charge is 0.478 e. The van der Waals surface area contributed by atoms with Gasteiger partial charge in [0.05, 0.1) is 25.1 Å². The van der Waals surface area contributed by atoms with Gasteiger partial charge in [-0.05, 0) is 62.1 Å². The predicted octanol–water partition coefficient (Wildman–Crippen LogP) is 3.11. The first-order valence-corrected chi connectivity index (χ1v) is 11.3. The van der Waals surface area contributed by atoms with E-state index in [2.05, 4.69) is 15.2 Å². The van der Waals surface area contributed by atoms with Crippen molar-refractivity contribution in [3.8, 4) is 0 Å². The molecule has 0 atom stereocenters. The highest BCUT2D eigenvalue weighted by Gasteiger charge is 2.25. The third kappa shape index (κ3) is 6.06. The first-order valence-electron chi connectivity index (χ1n) is 11.3.